The average molecular weight is 438 g/mol. The molecule has 1 fully saturated rings. The fraction of sp³-hybridized carbons (Fsp3) is 0.435. The lowest BCUT2D eigenvalue weighted by atomic mass is 9.96. The lowest BCUT2D eigenvalue weighted by Crippen LogP contribution is -2.50. The summed E-state index contributed by atoms with van der Waals surface area (Å²) in [5, 5.41) is 15.7. The molecule has 8 heteroatoms. The van der Waals surface area contributed by atoms with Gasteiger partial charge in [0.2, 0.25) is 5.91 Å². The van der Waals surface area contributed by atoms with Crippen LogP contribution in [0.25, 0.3) is 10.6 Å². The van der Waals surface area contributed by atoms with Crippen LogP contribution in [0, 0.1) is 5.41 Å². The SMILES string of the molecule is CC(=O)N1CCC(NC2COC2)=C(C(=N)N2CCCc3cc(-c4nccs4)ccc32)C1. The minimum atomic E-state index is 0.0588. The standard InChI is InChI=1S/C23H27N5O2S/c1-15(29)27-9-6-20(26-18-13-30-14-18)19(12-27)22(24)28-8-2-3-16-11-17(4-5-21(16)28)23-25-7-10-31-23/h4-5,7,10-11,18,24,26H,2-3,6,8-9,12-14H2,1H3. The second-order valence-electron chi connectivity index (χ2n) is 8.31. The molecule has 1 aromatic carbocycles. The Labute approximate surface area is 186 Å². The van der Waals surface area contributed by atoms with Gasteiger partial charge in [0.15, 0.2) is 0 Å². The van der Waals surface area contributed by atoms with Gasteiger partial charge in [0.1, 0.15) is 10.8 Å². The maximum Gasteiger partial charge on any atom is 0.219 e. The second kappa shape index (κ2) is 8.43. The smallest absolute Gasteiger partial charge is 0.219 e. The van der Waals surface area contributed by atoms with Crippen molar-refractivity contribution in [1.29, 1.82) is 5.41 Å². The maximum absolute atomic E-state index is 12.1. The Balaban J connectivity index is 1.46. The molecule has 3 aliphatic rings. The van der Waals surface area contributed by atoms with E-state index in [1.54, 1.807) is 18.3 Å². The first-order chi connectivity index (χ1) is 15.1. The number of thiazole rings is 1. The van der Waals surface area contributed by atoms with Crippen molar-refractivity contribution in [2.24, 2.45) is 0 Å². The summed E-state index contributed by atoms with van der Waals surface area (Å²) in [6.07, 6.45) is 4.58. The number of hydrogen-bond donors (Lipinski definition) is 2. The highest BCUT2D eigenvalue weighted by molar-refractivity contribution is 7.13. The van der Waals surface area contributed by atoms with Crippen molar-refractivity contribution in [3.63, 3.8) is 0 Å². The molecular formula is C23H27N5O2S. The van der Waals surface area contributed by atoms with E-state index in [0.29, 0.717) is 38.2 Å². The molecule has 0 saturated carbocycles. The van der Waals surface area contributed by atoms with Crippen LogP contribution >= 0.6 is 11.3 Å². The van der Waals surface area contributed by atoms with Crippen LogP contribution < -0.4 is 10.2 Å². The van der Waals surface area contributed by atoms with Crippen molar-refractivity contribution >= 4 is 28.8 Å². The molecule has 7 nitrogen and oxygen atoms in total. The summed E-state index contributed by atoms with van der Waals surface area (Å²) in [5.41, 5.74) is 5.49. The van der Waals surface area contributed by atoms with E-state index in [1.807, 2.05) is 16.5 Å². The lowest BCUT2D eigenvalue weighted by molar-refractivity contribution is -0.128. The normalized spacial score (nSPS) is 19.1. The van der Waals surface area contributed by atoms with E-state index in [2.05, 4.69) is 33.4 Å². The van der Waals surface area contributed by atoms with E-state index >= 15 is 0 Å². The molecule has 0 radical (unpaired) electrons. The molecule has 0 bridgehead atoms. The third-order valence-electron chi connectivity index (χ3n) is 6.24. The van der Waals surface area contributed by atoms with Crippen molar-refractivity contribution in [3.05, 3.63) is 46.6 Å². The first-order valence-electron chi connectivity index (χ1n) is 10.8. The number of benzene rings is 1. The first-order valence-corrected chi connectivity index (χ1v) is 11.7. The van der Waals surface area contributed by atoms with E-state index in [4.69, 9.17) is 10.1 Å². The molecule has 5 rings (SSSR count). The number of hydrogen-bond acceptors (Lipinski definition) is 6. The molecule has 0 aliphatic carbocycles. The number of nitrogens with zero attached hydrogens (tertiary/aromatic N) is 3. The largest absolute Gasteiger partial charge is 0.381 e. The molecule has 2 N–H and O–H groups in total. The number of amides is 1. The van der Waals surface area contributed by atoms with Gasteiger partial charge in [-0.05, 0) is 36.6 Å². The summed E-state index contributed by atoms with van der Waals surface area (Å²) in [7, 11) is 0. The fourth-order valence-corrected chi connectivity index (χ4v) is 5.10. The number of carbonyl (C=O) groups excluding carboxylic acids is 1. The van der Waals surface area contributed by atoms with E-state index in [1.165, 1.54) is 5.56 Å². The maximum atomic E-state index is 12.1. The third-order valence-corrected chi connectivity index (χ3v) is 7.06. The minimum Gasteiger partial charge on any atom is -0.381 e. The van der Waals surface area contributed by atoms with Gasteiger partial charge in [-0.1, -0.05) is 0 Å². The van der Waals surface area contributed by atoms with E-state index < -0.39 is 0 Å². The zero-order valence-electron chi connectivity index (χ0n) is 17.7. The molecular weight excluding hydrogens is 410 g/mol. The number of rotatable bonds is 4. The fourth-order valence-electron chi connectivity index (χ4n) is 4.47. The van der Waals surface area contributed by atoms with Crippen LogP contribution in [-0.2, 0) is 16.0 Å². The predicted octanol–water partition coefficient (Wildman–Crippen LogP) is 3.03. The van der Waals surface area contributed by atoms with Gasteiger partial charge in [-0.3, -0.25) is 10.2 Å². The summed E-state index contributed by atoms with van der Waals surface area (Å²) >= 11 is 1.64. The van der Waals surface area contributed by atoms with Crippen LogP contribution in [0.3, 0.4) is 0 Å². The zero-order chi connectivity index (χ0) is 21.4. The van der Waals surface area contributed by atoms with Crippen LogP contribution in [0.2, 0.25) is 0 Å². The molecule has 1 saturated heterocycles. The highest BCUT2D eigenvalue weighted by atomic mass is 32.1. The topological polar surface area (TPSA) is 81.6 Å². The Bertz CT molecular complexity index is 1030. The van der Waals surface area contributed by atoms with Crippen LogP contribution in [0.1, 0.15) is 25.3 Å². The number of amidine groups is 1. The molecule has 1 aromatic heterocycles. The second-order valence-corrected chi connectivity index (χ2v) is 9.21. The summed E-state index contributed by atoms with van der Waals surface area (Å²) in [6.45, 7) is 4.99. The van der Waals surface area contributed by atoms with Crippen molar-refractivity contribution in [3.8, 4) is 10.6 Å². The summed E-state index contributed by atoms with van der Waals surface area (Å²) in [5.74, 6) is 0.556. The van der Waals surface area contributed by atoms with Crippen molar-refractivity contribution < 1.29 is 9.53 Å². The molecule has 2 aromatic rings. The van der Waals surface area contributed by atoms with Gasteiger partial charge in [-0.15, -0.1) is 11.3 Å². The van der Waals surface area contributed by atoms with Crippen molar-refractivity contribution in [1.82, 2.24) is 15.2 Å². The van der Waals surface area contributed by atoms with Gasteiger partial charge >= 0.3 is 0 Å². The lowest BCUT2D eigenvalue weighted by Gasteiger charge is -2.38. The number of aromatic nitrogens is 1. The van der Waals surface area contributed by atoms with Crippen LogP contribution in [0.5, 0.6) is 0 Å². The van der Waals surface area contributed by atoms with E-state index in [9.17, 15) is 4.79 Å². The molecule has 4 heterocycles. The Kier molecular flexibility index (Phi) is 5.50. The molecule has 0 unspecified atom stereocenters. The first kappa shape index (κ1) is 20.2. The Morgan fingerprint density at radius 1 is 1.29 bits per heavy atom. The highest BCUT2D eigenvalue weighted by Gasteiger charge is 2.31. The van der Waals surface area contributed by atoms with Crippen molar-refractivity contribution in [2.45, 2.75) is 32.2 Å². The Morgan fingerprint density at radius 3 is 2.87 bits per heavy atom. The van der Waals surface area contributed by atoms with Gasteiger partial charge in [-0.25, -0.2) is 4.98 Å². The molecule has 0 atom stereocenters. The summed E-state index contributed by atoms with van der Waals surface area (Å²) < 4.78 is 5.32. The minimum absolute atomic E-state index is 0.0588. The van der Waals surface area contributed by atoms with Crippen LogP contribution in [0.4, 0.5) is 5.69 Å². The number of fused-ring (bicyclic) bond motifs is 1. The number of aryl methyl sites for hydroxylation is 1. The van der Waals surface area contributed by atoms with Crippen molar-refractivity contribution in [2.75, 3.05) is 37.7 Å². The highest BCUT2D eigenvalue weighted by Crippen LogP contribution is 2.34. The zero-order valence-corrected chi connectivity index (χ0v) is 18.5. The van der Waals surface area contributed by atoms with Gasteiger partial charge in [0.05, 0.1) is 25.8 Å². The predicted molar refractivity (Wildman–Crippen MR) is 123 cm³/mol. The Morgan fingerprint density at radius 2 is 2.16 bits per heavy atom. The summed E-state index contributed by atoms with van der Waals surface area (Å²) in [6, 6.07) is 6.75. The summed E-state index contributed by atoms with van der Waals surface area (Å²) in [4.78, 5) is 20.4. The van der Waals surface area contributed by atoms with Crippen LogP contribution in [-0.4, -0.2) is 60.5 Å². The number of nitrogens with one attached hydrogen (secondary N) is 2. The Hall–Kier alpha value is -2.71. The number of ether oxygens (including phenoxy) is 1. The molecule has 162 valence electrons. The number of carbonyl (C=O) groups is 1. The van der Waals surface area contributed by atoms with Gasteiger partial charge in [0, 0.05) is 60.5 Å². The van der Waals surface area contributed by atoms with E-state index in [-0.39, 0.29) is 5.91 Å². The van der Waals surface area contributed by atoms with Gasteiger partial charge in [-0.2, -0.15) is 0 Å². The average Bonchev–Trinajstić information content (AvgIpc) is 3.30. The molecule has 0 spiro atoms. The molecule has 3 aliphatic heterocycles. The monoisotopic (exact) mass is 437 g/mol. The van der Waals surface area contributed by atoms with Gasteiger partial charge < -0.3 is 19.9 Å². The third kappa shape index (κ3) is 3.97. The number of anilines is 1. The van der Waals surface area contributed by atoms with Crippen LogP contribution in [0.15, 0.2) is 41.0 Å². The molecule has 31 heavy (non-hydrogen) atoms. The van der Waals surface area contributed by atoms with E-state index in [0.717, 1.165) is 53.3 Å². The quantitative estimate of drug-likeness (QED) is 0.568. The van der Waals surface area contributed by atoms with Gasteiger partial charge in [0.25, 0.3) is 0 Å². The molecule has 1 amide bonds.